The van der Waals surface area contributed by atoms with Gasteiger partial charge < -0.3 is 9.64 Å². The summed E-state index contributed by atoms with van der Waals surface area (Å²) >= 11 is 0. The van der Waals surface area contributed by atoms with Crippen molar-refractivity contribution in [3.63, 3.8) is 0 Å². The van der Waals surface area contributed by atoms with Crippen LogP contribution >= 0.6 is 0 Å². The lowest BCUT2D eigenvalue weighted by Gasteiger charge is -2.29. The second-order valence-corrected chi connectivity index (χ2v) is 9.85. The van der Waals surface area contributed by atoms with Crippen LogP contribution in [0.15, 0.2) is 48.5 Å². The molecule has 2 aromatic carbocycles. The van der Waals surface area contributed by atoms with Crippen LogP contribution in [0.3, 0.4) is 0 Å². The number of rotatable bonds is 6. The summed E-state index contributed by atoms with van der Waals surface area (Å²) in [5, 5.41) is 0. The molecule has 1 heterocycles. The molecule has 0 bridgehead atoms. The van der Waals surface area contributed by atoms with E-state index in [9.17, 15) is 13.2 Å². The van der Waals surface area contributed by atoms with Crippen molar-refractivity contribution < 1.29 is 17.9 Å². The molecule has 28 heavy (non-hydrogen) atoms. The molecule has 3 rings (SSSR count). The SMILES string of the molecule is COc1cccc(C(=O)N(Cc2ccc(C(C)C)cc2)C2CCS(=O)(=O)C2)c1. The van der Waals surface area contributed by atoms with Crippen LogP contribution in [-0.4, -0.2) is 43.9 Å². The molecule has 0 aliphatic carbocycles. The molecule has 0 N–H and O–H groups in total. The molecule has 1 fully saturated rings. The number of sulfone groups is 1. The van der Waals surface area contributed by atoms with Gasteiger partial charge in [0, 0.05) is 18.2 Å². The van der Waals surface area contributed by atoms with Gasteiger partial charge in [-0.1, -0.05) is 44.2 Å². The minimum Gasteiger partial charge on any atom is -0.497 e. The van der Waals surface area contributed by atoms with Gasteiger partial charge in [0.25, 0.3) is 5.91 Å². The van der Waals surface area contributed by atoms with Gasteiger partial charge in [0.15, 0.2) is 9.84 Å². The number of carbonyl (C=O) groups excluding carboxylic acids is 1. The molecule has 5 nitrogen and oxygen atoms in total. The van der Waals surface area contributed by atoms with Gasteiger partial charge in [-0.2, -0.15) is 0 Å². The minimum atomic E-state index is -3.10. The van der Waals surface area contributed by atoms with Crippen molar-refractivity contribution in [3.05, 3.63) is 65.2 Å². The van der Waals surface area contributed by atoms with Gasteiger partial charge in [0.05, 0.1) is 18.6 Å². The van der Waals surface area contributed by atoms with E-state index in [-0.39, 0.29) is 23.5 Å². The minimum absolute atomic E-state index is 0.0206. The Bertz CT molecular complexity index is 935. The second kappa shape index (κ2) is 8.35. The van der Waals surface area contributed by atoms with Crippen LogP contribution in [0.25, 0.3) is 0 Å². The molecule has 0 radical (unpaired) electrons. The van der Waals surface area contributed by atoms with Gasteiger partial charge in [-0.05, 0) is 41.7 Å². The number of hydrogen-bond acceptors (Lipinski definition) is 4. The van der Waals surface area contributed by atoms with Gasteiger partial charge >= 0.3 is 0 Å². The number of nitrogens with zero attached hydrogens (tertiary/aromatic N) is 1. The Labute approximate surface area is 167 Å². The third-order valence-corrected chi connectivity index (χ3v) is 6.98. The lowest BCUT2D eigenvalue weighted by Crippen LogP contribution is -2.40. The van der Waals surface area contributed by atoms with E-state index >= 15 is 0 Å². The average Bonchev–Trinajstić information content (AvgIpc) is 3.05. The fraction of sp³-hybridized carbons (Fsp3) is 0.409. The topological polar surface area (TPSA) is 63.7 Å². The number of amides is 1. The summed E-state index contributed by atoms with van der Waals surface area (Å²) in [5.74, 6) is 1.02. The first kappa shape index (κ1) is 20.4. The highest BCUT2D eigenvalue weighted by atomic mass is 32.2. The van der Waals surface area contributed by atoms with Gasteiger partial charge in [-0.25, -0.2) is 8.42 Å². The quantitative estimate of drug-likeness (QED) is 0.741. The Kier molecular flexibility index (Phi) is 6.08. The van der Waals surface area contributed by atoms with E-state index in [0.29, 0.717) is 30.2 Å². The highest BCUT2D eigenvalue weighted by Gasteiger charge is 2.35. The van der Waals surface area contributed by atoms with Crippen LogP contribution in [0, 0.1) is 0 Å². The predicted molar refractivity (Wildman–Crippen MR) is 110 cm³/mol. The summed E-state index contributed by atoms with van der Waals surface area (Å²) < 4.78 is 29.3. The van der Waals surface area contributed by atoms with E-state index < -0.39 is 9.84 Å². The first-order valence-corrected chi connectivity index (χ1v) is 11.4. The molecule has 0 aromatic heterocycles. The van der Waals surface area contributed by atoms with Crippen molar-refractivity contribution in [1.82, 2.24) is 4.90 Å². The maximum absolute atomic E-state index is 13.3. The Morgan fingerprint density at radius 3 is 2.46 bits per heavy atom. The number of methoxy groups -OCH3 is 1. The van der Waals surface area contributed by atoms with Crippen molar-refractivity contribution in [2.45, 2.75) is 38.8 Å². The normalized spacial score (nSPS) is 18.2. The van der Waals surface area contributed by atoms with Gasteiger partial charge in [-0.15, -0.1) is 0 Å². The average molecular weight is 402 g/mol. The number of ether oxygens (including phenoxy) is 1. The number of hydrogen-bond donors (Lipinski definition) is 0. The molecule has 1 aliphatic rings. The summed E-state index contributed by atoms with van der Waals surface area (Å²) in [6, 6.07) is 14.9. The maximum atomic E-state index is 13.3. The van der Waals surface area contributed by atoms with E-state index in [4.69, 9.17) is 4.74 Å². The molecule has 0 saturated carbocycles. The zero-order valence-electron chi connectivity index (χ0n) is 16.6. The summed E-state index contributed by atoms with van der Waals surface area (Å²) in [5.41, 5.74) is 2.73. The van der Waals surface area contributed by atoms with Crippen molar-refractivity contribution in [2.24, 2.45) is 0 Å². The summed E-state index contributed by atoms with van der Waals surface area (Å²) in [4.78, 5) is 15.0. The van der Waals surface area contributed by atoms with Crippen molar-refractivity contribution in [2.75, 3.05) is 18.6 Å². The fourth-order valence-electron chi connectivity index (χ4n) is 3.51. The Morgan fingerprint density at radius 2 is 1.89 bits per heavy atom. The first-order valence-electron chi connectivity index (χ1n) is 9.53. The molecule has 1 amide bonds. The van der Waals surface area contributed by atoms with Gasteiger partial charge in [0.1, 0.15) is 5.75 Å². The summed E-state index contributed by atoms with van der Waals surface area (Å²) in [6.07, 6.45) is 0.474. The highest BCUT2D eigenvalue weighted by molar-refractivity contribution is 7.91. The van der Waals surface area contributed by atoms with Crippen molar-refractivity contribution in [1.29, 1.82) is 0 Å². The molecule has 1 unspecified atom stereocenters. The Hall–Kier alpha value is -2.34. The number of benzene rings is 2. The zero-order chi connectivity index (χ0) is 20.3. The van der Waals surface area contributed by atoms with Crippen LogP contribution in [0.1, 0.15) is 47.7 Å². The third-order valence-electron chi connectivity index (χ3n) is 5.23. The van der Waals surface area contributed by atoms with Crippen LogP contribution in [0.5, 0.6) is 5.75 Å². The molecular formula is C22H27NO4S. The third kappa shape index (κ3) is 4.73. The smallest absolute Gasteiger partial charge is 0.254 e. The fourth-order valence-corrected chi connectivity index (χ4v) is 5.25. The molecule has 150 valence electrons. The van der Waals surface area contributed by atoms with E-state index in [1.807, 2.05) is 12.1 Å². The van der Waals surface area contributed by atoms with Gasteiger partial charge in [0.2, 0.25) is 0 Å². The van der Waals surface area contributed by atoms with Crippen LogP contribution < -0.4 is 4.74 Å². The molecule has 1 atom stereocenters. The monoisotopic (exact) mass is 401 g/mol. The Morgan fingerprint density at radius 1 is 1.18 bits per heavy atom. The van der Waals surface area contributed by atoms with Crippen LogP contribution in [0.2, 0.25) is 0 Å². The van der Waals surface area contributed by atoms with Crippen molar-refractivity contribution in [3.8, 4) is 5.75 Å². The molecule has 1 aliphatic heterocycles. The van der Waals surface area contributed by atoms with Crippen molar-refractivity contribution >= 4 is 15.7 Å². The van der Waals surface area contributed by atoms with Gasteiger partial charge in [-0.3, -0.25) is 4.79 Å². The highest BCUT2D eigenvalue weighted by Crippen LogP contribution is 2.24. The molecule has 0 spiro atoms. The summed E-state index contributed by atoms with van der Waals surface area (Å²) in [6.45, 7) is 4.66. The van der Waals surface area contributed by atoms with Crippen LogP contribution in [0.4, 0.5) is 0 Å². The first-order chi connectivity index (χ1) is 13.3. The van der Waals surface area contributed by atoms with E-state index in [2.05, 4.69) is 26.0 Å². The zero-order valence-corrected chi connectivity index (χ0v) is 17.4. The lowest BCUT2D eigenvalue weighted by molar-refractivity contribution is 0.0680. The van der Waals surface area contributed by atoms with E-state index in [1.54, 1.807) is 36.3 Å². The molecule has 2 aromatic rings. The van der Waals surface area contributed by atoms with E-state index in [1.165, 1.54) is 5.56 Å². The predicted octanol–water partition coefficient (Wildman–Crippen LogP) is 3.65. The molecular weight excluding hydrogens is 374 g/mol. The molecule has 1 saturated heterocycles. The Balaban J connectivity index is 1.89. The second-order valence-electron chi connectivity index (χ2n) is 7.62. The largest absolute Gasteiger partial charge is 0.497 e. The standard InChI is InChI=1S/C22H27NO4S/c1-16(2)18-9-7-17(8-10-18)14-23(20-11-12-28(25,26)15-20)22(24)19-5-4-6-21(13-19)27-3/h4-10,13,16,20H,11-12,14-15H2,1-3H3. The van der Waals surface area contributed by atoms with E-state index in [0.717, 1.165) is 5.56 Å². The van der Waals surface area contributed by atoms with Crippen LogP contribution in [-0.2, 0) is 16.4 Å². The molecule has 6 heteroatoms. The number of carbonyl (C=O) groups is 1. The lowest BCUT2D eigenvalue weighted by atomic mass is 10.0. The summed E-state index contributed by atoms with van der Waals surface area (Å²) in [7, 11) is -1.54. The maximum Gasteiger partial charge on any atom is 0.254 e.